The van der Waals surface area contributed by atoms with Crippen LogP contribution in [0.4, 0.5) is 5.69 Å². The topological polar surface area (TPSA) is 12.0 Å². The average Bonchev–Trinajstić information content (AvgIpc) is 2.25. The number of rotatable bonds is 3. The molecule has 1 N–H and O–H groups in total. The van der Waals surface area contributed by atoms with Crippen LogP contribution in [-0.2, 0) is 5.41 Å². The van der Waals surface area contributed by atoms with E-state index in [0.717, 1.165) is 12.1 Å². The largest absolute Gasteiger partial charge is 0.381 e. The van der Waals surface area contributed by atoms with E-state index in [1.54, 1.807) is 5.54 Å². The second kappa shape index (κ2) is 5.40. The third-order valence-corrected chi connectivity index (χ3v) is 2.85. The molecule has 0 fully saturated rings. The molecule has 1 aromatic carbocycles. The standard InChI is InChI=1S/C14H20ClN/c1-11(9-15)10-16-13-8-6-5-7-12(13)14(2,3)4/h5-9,16H,10H2,1-4H3/b11-9-. The van der Waals surface area contributed by atoms with Gasteiger partial charge in [0, 0.05) is 17.8 Å². The van der Waals surface area contributed by atoms with E-state index in [9.17, 15) is 0 Å². The van der Waals surface area contributed by atoms with Crippen LogP contribution in [0, 0.1) is 0 Å². The zero-order chi connectivity index (χ0) is 12.2. The predicted octanol–water partition coefficient (Wildman–Crippen LogP) is 4.54. The van der Waals surface area contributed by atoms with Gasteiger partial charge < -0.3 is 5.32 Å². The summed E-state index contributed by atoms with van der Waals surface area (Å²) < 4.78 is 0. The van der Waals surface area contributed by atoms with Crippen LogP contribution in [0.5, 0.6) is 0 Å². The fourth-order valence-corrected chi connectivity index (χ4v) is 1.64. The first kappa shape index (κ1) is 13.1. The van der Waals surface area contributed by atoms with Crippen LogP contribution in [0.2, 0.25) is 0 Å². The van der Waals surface area contributed by atoms with E-state index in [1.807, 2.05) is 6.92 Å². The lowest BCUT2D eigenvalue weighted by Crippen LogP contribution is -2.15. The van der Waals surface area contributed by atoms with Crippen LogP contribution in [0.25, 0.3) is 0 Å². The Kier molecular flexibility index (Phi) is 4.43. The maximum atomic E-state index is 5.65. The summed E-state index contributed by atoms with van der Waals surface area (Å²) in [6, 6.07) is 8.41. The van der Waals surface area contributed by atoms with Gasteiger partial charge >= 0.3 is 0 Å². The van der Waals surface area contributed by atoms with E-state index in [4.69, 9.17) is 11.6 Å². The molecular formula is C14H20ClN. The van der Waals surface area contributed by atoms with Crippen molar-refractivity contribution in [3.05, 3.63) is 40.9 Å². The van der Waals surface area contributed by atoms with Crippen molar-refractivity contribution in [3.8, 4) is 0 Å². The molecule has 0 aliphatic carbocycles. The summed E-state index contributed by atoms with van der Waals surface area (Å²) in [7, 11) is 0. The molecule has 0 aliphatic rings. The molecule has 0 heterocycles. The first-order valence-corrected chi connectivity index (χ1v) is 5.98. The third-order valence-electron chi connectivity index (χ3n) is 2.48. The van der Waals surface area contributed by atoms with Gasteiger partial charge in [0.1, 0.15) is 0 Å². The van der Waals surface area contributed by atoms with E-state index < -0.39 is 0 Å². The molecule has 88 valence electrons. The fourth-order valence-electron chi connectivity index (χ4n) is 1.56. The highest BCUT2D eigenvalue weighted by molar-refractivity contribution is 6.25. The molecule has 0 saturated carbocycles. The lowest BCUT2D eigenvalue weighted by atomic mass is 9.86. The van der Waals surface area contributed by atoms with Gasteiger partial charge in [-0.15, -0.1) is 0 Å². The van der Waals surface area contributed by atoms with E-state index in [-0.39, 0.29) is 5.41 Å². The monoisotopic (exact) mass is 237 g/mol. The van der Waals surface area contributed by atoms with Gasteiger partial charge in [-0.2, -0.15) is 0 Å². The Labute approximate surface area is 104 Å². The number of benzene rings is 1. The predicted molar refractivity (Wildman–Crippen MR) is 73.2 cm³/mol. The van der Waals surface area contributed by atoms with Gasteiger partial charge in [0.2, 0.25) is 0 Å². The van der Waals surface area contributed by atoms with Crippen LogP contribution in [0.1, 0.15) is 33.3 Å². The number of nitrogens with one attached hydrogen (secondary N) is 1. The second-order valence-corrected chi connectivity index (χ2v) is 5.32. The lowest BCUT2D eigenvalue weighted by Gasteiger charge is -2.23. The highest BCUT2D eigenvalue weighted by Gasteiger charge is 2.16. The molecule has 1 nitrogen and oxygen atoms in total. The zero-order valence-electron chi connectivity index (χ0n) is 10.5. The van der Waals surface area contributed by atoms with Crippen molar-refractivity contribution in [2.75, 3.05) is 11.9 Å². The Morgan fingerprint density at radius 2 is 1.94 bits per heavy atom. The van der Waals surface area contributed by atoms with Crippen LogP contribution >= 0.6 is 11.6 Å². The summed E-state index contributed by atoms with van der Waals surface area (Å²) in [5.74, 6) is 0. The summed E-state index contributed by atoms with van der Waals surface area (Å²) in [4.78, 5) is 0. The smallest absolute Gasteiger partial charge is 0.0380 e. The number of halogens is 1. The maximum Gasteiger partial charge on any atom is 0.0380 e. The maximum absolute atomic E-state index is 5.65. The third kappa shape index (κ3) is 3.57. The van der Waals surface area contributed by atoms with Crippen molar-refractivity contribution < 1.29 is 0 Å². The SMILES string of the molecule is C/C(=C/Cl)CNc1ccccc1C(C)(C)C. The minimum atomic E-state index is 0.155. The van der Waals surface area contributed by atoms with Crippen LogP contribution < -0.4 is 5.32 Å². The normalized spacial score (nSPS) is 12.7. The summed E-state index contributed by atoms with van der Waals surface area (Å²) in [5.41, 5.74) is 5.42. The molecule has 0 spiro atoms. The van der Waals surface area contributed by atoms with Crippen molar-refractivity contribution in [1.29, 1.82) is 0 Å². The first-order chi connectivity index (χ1) is 7.45. The van der Waals surface area contributed by atoms with E-state index >= 15 is 0 Å². The van der Waals surface area contributed by atoms with Gasteiger partial charge in [-0.05, 0) is 29.5 Å². The summed E-state index contributed by atoms with van der Waals surface area (Å²) in [6.45, 7) is 9.46. The molecule has 16 heavy (non-hydrogen) atoms. The minimum Gasteiger partial charge on any atom is -0.381 e. The van der Waals surface area contributed by atoms with Crippen LogP contribution in [0.15, 0.2) is 35.4 Å². The number of hydrogen-bond acceptors (Lipinski definition) is 1. The molecule has 1 aromatic rings. The van der Waals surface area contributed by atoms with Crippen molar-refractivity contribution in [2.45, 2.75) is 33.1 Å². The second-order valence-electron chi connectivity index (χ2n) is 5.10. The molecule has 0 atom stereocenters. The fraction of sp³-hybridized carbons (Fsp3) is 0.429. The Balaban J connectivity index is 2.88. The van der Waals surface area contributed by atoms with Crippen LogP contribution in [0.3, 0.4) is 0 Å². The molecule has 0 unspecified atom stereocenters. The molecule has 0 amide bonds. The van der Waals surface area contributed by atoms with Crippen LogP contribution in [-0.4, -0.2) is 6.54 Å². The van der Waals surface area contributed by atoms with Gasteiger partial charge in [-0.1, -0.05) is 50.6 Å². The van der Waals surface area contributed by atoms with Crippen molar-refractivity contribution >= 4 is 17.3 Å². The van der Waals surface area contributed by atoms with E-state index in [2.05, 4.69) is 50.4 Å². The molecule has 0 aromatic heterocycles. The Morgan fingerprint density at radius 3 is 2.50 bits per heavy atom. The highest BCUT2D eigenvalue weighted by Crippen LogP contribution is 2.29. The van der Waals surface area contributed by atoms with E-state index in [0.29, 0.717) is 0 Å². The summed E-state index contributed by atoms with van der Waals surface area (Å²) >= 11 is 5.65. The molecular weight excluding hydrogens is 218 g/mol. The number of anilines is 1. The summed E-state index contributed by atoms with van der Waals surface area (Å²) in [5, 5.41) is 3.42. The average molecular weight is 238 g/mol. The highest BCUT2D eigenvalue weighted by atomic mass is 35.5. The number of hydrogen-bond donors (Lipinski definition) is 1. The Hall–Kier alpha value is -0.950. The zero-order valence-corrected chi connectivity index (χ0v) is 11.2. The van der Waals surface area contributed by atoms with Gasteiger partial charge in [-0.25, -0.2) is 0 Å². The molecule has 0 saturated heterocycles. The van der Waals surface area contributed by atoms with E-state index in [1.165, 1.54) is 11.3 Å². The number of para-hydroxylation sites is 1. The Morgan fingerprint density at radius 1 is 1.31 bits per heavy atom. The quantitative estimate of drug-likeness (QED) is 0.814. The first-order valence-electron chi connectivity index (χ1n) is 5.54. The van der Waals surface area contributed by atoms with Gasteiger partial charge in [0.15, 0.2) is 0 Å². The minimum absolute atomic E-state index is 0.155. The molecule has 2 heteroatoms. The molecule has 0 radical (unpaired) electrons. The van der Waals surface area contributed by atoms with Crippen molar-refractivity contribution in [2.24, 2.45) is 0 Å². The molecule has 0 bridgehead atoms. The lowest BCUT2D eigenvalue weighted by molar-refractivity contribution is 0.592. The van der Waals surface area contributed by atoms with Gasteiger partial charge in [-0.3, -0.25) is 0 Å². The summed E-state index contributed by atoms with van der Waals surface area (Å²) in [6.07, 6.45) is 0. The Bertz CT molecular complexity index is 375. The molecule has 0 aliphatic heterocycles. The molecule has 1 rings (SSSR count). The van der Waals surface area contributed by atoms with Crippen molar-refractivity contribution in [3.63, 3.8) is 0 Å². The van der Waals surface area contributed by atoms with Gasteiger partial charge in [0.25, 0.3) is 0 Å². The van der Waals surface area contributed by atoms with Crippen molar-refractivity contribution in [1.82, 2.24) is 0 Å². The van der Waals surface area contributed by atoms with Gasteiger partial charge in [0.05, 0.1) is 0 Å².